The second-order valence-corrected chi connectivity index (χ2v) is 9.15. The zero-order valence-corrected chi connectivity index (χ0v) is 15.4. The summed E-state index contributed by atoms with van der Waals surface area (Å²) in [7, 11) is -3.43. The van der Waals surface area contributed by atoms with Gasteiger partial charge in [0.1, 0.15) is 4.90 Å². The molecule has 2 aromatic heterocycles. The van der Waals surface area contributed by atoms with E-state index in [0.29, 0.717) is 19.0 Å². The first-order valence-corrected chi connectivity index (χ1v) is 10.5. The smallest absolute Gasteiger partial charge is 0.246 e. The van der Waals surface area contributed by atoms with Crippen molar-refractivity contribution in [1.82, 2.24) is 24.8 Å². The van der Waals surface area contributed by atoms with Gasteiger partial charge in [0.2, 0.25) is 10.0 Å². The molecule has 1 aliphatic rings. The molecule has 9 heteroatoms. The minimum absolute atomic E-state index is 0.243. The first-order valence-electron chi connectivity index (χ1n) is 8.23. The van der Waals surface area contributed by atoms with Gasteiger partial charge < -0.3 is 5.32 Å². The summed E-state index contributed by atoms with van der Waals surface area (Å²) in [5.41, 5.74) is 0. The van der Waals surface area contributed by atoms with Crippen LogP contribution >= 0.6 is 11.3 Å². The maximum atomic E-state index is 12.6. The zero-order chi connectivity index (χ0) is 17.0. The summed E-state index contributed by atoms with van der Waals surface area (Å²) < 4.78 is 26.7. The highest BCUT2D eigenvalue weighted by Crippen LogP contribution is 2.23. The zero-order valence-electron chi connectivity index (χ0n) is 13.7. The molecule has 1 fully saturated rings. The van der Waals surface area contributed by atoms with Crippen molar-refractivity contribution in [3.63, 3.8) is 0 Å². The number of piperidine rings is 1. The van der Waals surface area contributed by atoms with E-state index in [1.165, 1.54) is 17.3 Å². The van der Waals surface area contributed by atoms with Crippen molar-refractivity contribution in [2.45, 2.75) is 37.6 Å². The Hall–Kier alpha value is -1.29. The second-order valence-electron chi connectivity index (χ2n) is 6.01. The first-order chi connectivity index (χ1) is 11.6. The van der Waals surface area contributed by atoms with Gasteiger partial charge >= 0.3 is 0 Å². The number of hydrogen-bond donors (Lipinski definition) is 2. The molecule has 1 unspecified atom stereocenters. The monoisotopic (exact) mass is 369 g/mol. The van der Waals surface area contributed by atoms with Crippen molar-refractivity contribution in [2.75, 3.05) is 19.6 Å². The highest BCUT2D eigenvalue weighted by molar-refractivity contribution is 7.89. The van der Waals surface area contributed by atoms with Crippen LogP contribution in [0.3, 0.4) is 0 Å². The SMILES string of the molecule is CCc1ncc(CNCC2CCCN(S(=O)(=O)c3cn[nH]c3)C2)s1. The van der Waals surface area contributed by atoms with E-state index in [1.807, 2.05) is 6.20 Å². The van der Waals surface area contributed by atoms with Gasteiger partial charge in [-0.2, -0.15) is 9.40 Å². The molecule has 0 radical (unpaired) electrons. The highest BCUT2D eigenvalue weighted by atomic mass is 32.2. The van der Waals surface area contributed by atoms with Gasteiger partial charge in [-0.3, -0.25) is 5.10 Å². The number of aryl methyl sites for hydroxylation is 1. The van der Waals surface area contributed by atoms with Crippen molar-refractivity contribution >= 4 is 21.4 Å². The quantitative estimate of drug-likeness (QED) is 0.774. The highest BCUT2D eigenvalue weighted by Gasteiger charge is 2.30. The van der Waals surface area contributed by atoms with Gasteiger partial charge in [-0.05, 0) is 31.7 Å². The van der Waals surface area contributed by atoms with E-state index in [4.69, 9.17) is 0 Å². The van der Waals surface area contributed by atoms with E-state index in [-0.39, 0.29) is 4.90 Å². The third-order valence-corrected chi connectivity index (χ3v) is 7.20. The van der Waals surface area contributed by atoms with Crippen LogP contribution in [0.15, 0.2) is 23.5 Å². The number of H-pyrrole nitrogens is 1. The van der Waals surface area contributed by atoms with E-state index >= 15 is 0 Å². The van der Waals surface area contributed by atoms with Crippen LogP contribution in [0.4, 0.5) is 0 Å². The molecule has 1 atom stereocenters. The molecule has 0 aliphatic carbocycles. The Balaban J connectivity index is 1.52. The molecule has 2 aromatic rings. The molecule has 0 aromatic carbocycles. The fraction of sp³-hybridized carbons (Fsp3) is 0.600. The van der Waals surface area contributed by atoms with Crippen molar-refractivity contribution in [1.29, 1.82) is 0 Å². The van der Waals surface area contributed by atoms with Crippen molar-refractivity contribution < 1.29 is 8.42 Å². The Labute approximate surface area is 146 Å². The normalized spacial score (nSPS) is 19.6. The number of rotatable bonds is 7. The van der Waals surface area contributed by atoms with Gasteiger partial charge in [-0.1, -0.05) is 6.92 Å². The molecule has 7 nitrogen and oxygen atoms in total. The van der Waals surface area contributed by atoms with E-state index in [0.717, 1.165) is 37.4 Å². The molecule has 2 N–H and O–H groups in total. The average Bonchev–Trinajstić information content (AvgIpc) is 3.27. The molecule has 1 saturated heterocycles. The minimum atomic E-state index is -3.43. The molecule has 0 amide bonds. The van der Waals surface area contributed by atoms with E-state index in [1.54, 1.807) is 15.6 Å². The maximum absolute atomic E-state index is 12.6. The number of sulfonamides is 1. The van der Waals surface area contributed by atoms with E-state index < -0.39 is 10.0 Å². The van der Waals surface area contributed by atoms with Gasteiger partial charge in [0, 0.05) is 36.9 Å². The Kier molecular flexibility index (Phi) is 5.65. The fourth-order valence-corrected chi connectivity index (χ4v) is 5.23. The largest absolute Gasteiger partial charge is 0.311 e. The third-order valence-electron chi connectivity index (χ3n) is 4.23. The first kappa shape index (κ1) is 17.5. The van der Waals surface area contributed by atoms with Crippen molar-refractivity contribution in [3.05, 3.63) is 28.5 Å². The average molecular weight is 370 g/mol. The Morgan fingerprint density at radius 2 is 2.33 bits per heavy atom. The lowest BCUT2D eigenvalue weighted by molar-refractivity contribution is 0.260. The fourth-order valence-electron chi connectivity index (χ4n) is 2.93. The Morgan fingerprint density at radius 3 is 3.04 bits per heavy atom. The molecule has 0 spiro atoms. The lowest BCUT2D eigenvalue weighted by Crippen LogP contribution is -2.42. The Bertz CT molecular complexity index is 742. The van der Waals surface area contributed by atoms with Crippen LogP contribution in [-0.4, -0.2) is 47.5 Å². The number of nitrogens with one attached hydrogen (secondary N) is 2. The van der Waals surface area contributed by atoms with Crippen molar-refractivity contribution in [3.8, 4) is 0 Å². The van der Waals surface area contributed by atoms with Crippen molar-refractivity contribution in [2.24, 2.45) is 5.92 Å². The van der Waals surface area contributed by atoms with Gasteiger partial charge in [-0.25, -0.2) is 13.4 Å². The predicted octanol–water partition coefficient (Wildman–Crippen LogP) is 1.62. The van der Waals surface area contributed by atoms with Crippen LogP contribution in [-0.2, 0) is 23.0 Å². The maximum Gasteiger partial charge on any atom is 0.246 e. The number of thiazole rings is 1. The molecule has 1 aliphatic heterocycles. The van der Waals surface area contributed by atoms with Gasteiger partial charge in [0.15, 0.2) is 0 Å². The Morgan fingerprint density at radius 1 is 1.46 bits per heavy atom. The number of aromatic amines is 1. The summed E-state index contributed by atoms with van der Waals surface area (Å²) in [5, 5.41) is 10.9. The molecular formula is C15H23N5O2S2. The minimum Gasteiger partial charge on any atom is -0.311 e. The molecular weight excluding hydrogens is 346 g/mol. The molecule has 24 heavy (non-hydrogen) atoms. The van der Waals surface area contributed by atoms with Crippen LogP contribution in [0.1, 0.15) is 29.7 Å². The van der Waals surface area contributed by atoms with Crippen LogP contribution in [0.5, 0.6) is 0 Å². The number of aromatic nitrogens is 3. The lowest BCUT2D eigenvalue weighted by atomic mass is 10.00. The number of nitrogens with zero attached hydrogens (tertiary/aromatic N) is 3. The van der Waals surface area contributed by atoms with Gasteiger partial charge in [0.05, 0.1) is 11.2 Å². The van der Waals surface area contributed by atoms with Gasteiger partial charge in [0.25, 0.3) is 0 Å². The number of hydrogen-bond acceptors (Lipinski definition) is 6. The summed E-state index contributed by atoms with van der Waals surface area (Å²) in [5.74, 6) is 0.332. The summed E-state index contributed by atoms with van der Waals surface area (Å²) in [6, 6.07) is 0. The topological polar surface area (TPSA) is 91.0 Å². The van der Waals surface area contributed by atoms with Crippen LogP contribution in [0, 0.1) is 5.92 Å². The van der Waals surface area contributed by atoms with E-state index in [2.05, 4.69) is 27.4 Å². The second kappa shape index (κ2) is 7.73. The molecule has 3 rings (SSSR count). The van der Waals surface area contributed by atoms with Gasteiger partial charge in [-0.15, -0.1) is 11.3 Å². The standard InChI is InChI=1S/C15H23N5O2S2/c1-2-15-17-8-13(23-15)7-16-6-12-4-3-5-20(11-12)24(21,22)14-9-18-19-10-14/h8-10,12,16H,2-7,11H2,1H3,(H,18,19). The van der Waals surface area contributed by atoms with Crippen LogP contribution in [0.25, 0.3) is 0 Å². The summed E-state index contributed by atoms with van der Waals surface area (Å²) >= 11 is 1.73. The summed E-state index contributed by atoms with van der Waals surface area (Å²) in [4.78, 5) is 5.83. The van der Waals surface area contributed by atoms with E-state index in [9.17, 15) is 8.42 Å². The van der Waals surface area contributed by atoms with Crippen LogP contribution < -0.4 is 5.32 Å². The molecule has 0 bridgehead atoms. The predicted molar refractivity (Wildman–Crippen MR) is 93.3 cm³/mol. The summed E-state index contributed by atoms with van der Waals surface area (Å²) in [6.07, 6.45) is 7.64. The molecule has 0 saturated carbocycles. The molecule has 3 heterocycles. The third kappa shape index (κ3) is 4.02. The van der Waals surface area contributed by atoms with Crippen LogP contribution in [0.2, 0.25) is 0 Å². The molecule has 132 valence electrons. The summed E-state index contributed by atoms with van der Waals surface area (Å²) in [6.45, 7) is 4.86. The lowest BCUT2D eigenvalue weighted by Gasteiger charge is -2.31.